The molecule has 1 amide bonds. The van der Waals surface area contributed by atoms with Gasteiger partial charge in [0.15, 0.2) is 11.4 Å². The number of hydrogen-bond acceptors (Lipinski definition) is 8. The summed E-state index contributed by atoms with van der Waals surface area (Å²) < 4.78 is 97.3. The Morgan fingerprint density at radius 3 is 2.22 bits per heavy atom. The number of furan rings is 1. The van der Waals surface area contributed by atoms with Crippen molar-refractivity contribution >= 4 is 53.7 Å². The normalized spacial score (nSPS) is 12.0. The lowest BCUT2D eigenvalue weighted by Crippen LogP contribution is -2.25. The Labute approximate surface area is 309 Å². The molecule has 0 radical (unpaired) electrons. The number of amides is 1. The Kier molecular flexibility index (Phi) is 9.55. The maximum absolute atomic E-state index is 14.8. The van der Waals surface area contributed by atoms with E-state index in [-0.39, 0.29) is 57.3 Å². The molecule has 15 heteroatoms. The SMILES string of the molecule is CNC(=O)c1c(-c2ccc(F)cc2)oc2cc(N(C)S(C)(=O)=O)c(-c3ccc(CS(=O)(=O)NCc4ccccc4)c(-c4nc5c(F)cccc5o4)c3)cc12. The van der Waals surface area contributed by atoms with Gasteiger partial charge in [0.05, 0.1) is 23.3 Å². The largest absolute Gasteiger partial charge is 0.455 e. The molecule has 0 aliphatic heterocycles. The average molecular weight is 771 g/mol. The van der Waals surface area contributed by atoms with Crippen molar-refractivity contribution in [2.45, 2.75) is 12.3 Å². The number of nitrogens with one attached hydrogen (secondary N) is 2. The summed E-state index contributed by atoms with van der Waals surface area (Å²) in [4.78, 5) is 17.8. The number of nitrogens with zero attached hydrogens (tertiary/aromatic N) is 2. The summed E-state index contributed by atoms with van der Waals surface area (Å²) in [6.45, 7) is 0.0458. The van der Waals surface area contributed by atoms with Crippen LogP contribution in [-0.2, 0) is 32.3 Å². The van der Waals surface area contributed by atoms with Crippen LogP contribution in [0.15, 0.2) is 112 Å². The second kappa shape index (κ2) is 14.2. The first-order chi connectivity index (χ1) is 25.7. The summed E-state index contributed by atoms with van der Waals surface area (Å²) in [6, 6.07) is 26.4. The van der Waals surface area contributed by atoms with Gasteiger partial charge in [0.25, 0.3) is 5.91 Å². The summed E-state index contributed by atoms with van der Waals surface area (Å²) in [5.74, 6) is -2.09. The molecular weight excluding hydrogens is 739 g/mol. The van der Waals surface area contributed by atoms with Crippen molar-refractivity contribution in [1.82, 2.24) is 15.0 Å². The molecule has 11 nitrogen and oxygen atoms in total. The van der Waals surface area contributed by atoms with E-state index in [1.807, 2.05) is 6.07 Å². The zero-order valence-corrected chi connectivity index (χ0v) is 30.7. The van der Waals surface area contributed by atoms with Gasteiger partial charge in [0.1, 0.15) is 22.7 Å². The fraction of sp³-hybridized carbons (Fsp3) is 0.128. The van der Waals surface area contributed by atoms with Gasteiger partial charge in [0, 0.05) is 48.8 Å². The first-order valence-electron chi connectivity index (χ1n) is 16.4. The van der Waals surface area contributed by atoms with Gasteiger partial charge in [-0.15, -0.1) is 0 Å². The molecule has 0 aliphatic carbocycles. The van der Waals surface area contributed by atoms with E-state index in [0.717, 1.165) is 16.1 Å². The van der Waals surface area contributed by atoms with Crippen LogP contribution in [-0.4, -0.2) is 48.1 Å². The molecule has 0 saturated heterocycles. The molecule has 2 heterocycles. The van der Waals surface area contributed by atoms with Gasteiger partial charge in [-0.25, -0.2) is 35.3 Å². The second-order valence-corrected chi connectivity index (χ2v) is 16.4. The lowest BCUT2D eigenvalue weighted by atomic mass is 9.95. The third kappa shape index (κ3) is 7.20. The lowest BCUT2D eigenvalue weighted by molar-refractivity contribution is 0.0964. The van der Waals surface area contributed by atoms with E-state index >= 15 is 0 Å². The maximum Gasteiger partial charge on any atom is 0.255 e. The molecule has 0 unspecified atom stereocenters. The Hall–Kier alpha value is -5.90. The number of para-hydroxylation sites is 1. The topological polar surface area (TPSA) is 152 Å². The van der Waals surface area contributed by atoms with Crippen LogP contribution in [0.3, 0.4) is 0 Å². The minimum atomic E-state index is -3.95. The summed E-state index contributed by atoms with van der Waals surface area (Å²) in [6.07, 6.45) is 1.03. The quantitative estimate of drug-likeness (QED) is 0.140. The van der Waals surface area contributed by atoms with Crippen LogP contribution in [0.5, 0.6) is 0 Å². The van der Waals surface area contributed by atoms with Crippen molar-refractivity contribution in [2.24, 2.45) is 0 Å². The van der Waals surface area contributed by atoms with Crippen molar-refractivity contribution in [3.8, 4) is 33.9 Å². The van der Waals surface area contributed by atoms with Crippen LogP contribution in [0.1, 0.15) is 21.5 Å². The number of hydrogen-bond donors (Lipinski definition) is 2. The minimum Gasteiger partial charge on any atom is -0.455 e. The molecule has 0 saturated carbocycles. The van der Waals surface area contributed by atoms with Crippen molar-refractivity contribution in [3.05, 3.63) is 131 Å². The molecule has 276 valence electrons. The molecule has 0 spiro atoms. The summed E-state index contributed by atoms with van der Waals surface area (Å²) in [5, 5.41) is 2.92. The molecule has 0 aliphatic rings. The van der Waals surface area contributed by atoms with Crippen LogP contribution >= 0.6 is 0 Å². The van der Waals surface area contributed by atoms with E-state index in [1.165, 1.54) is 62.6 Å². The Morgan fingerprint density at radius 1 is 0.815 bits per heavy atom. The fourth-order valence-electron chi connectivity index (χ4n) is 6.10. The van der Waals surface area contributed by atoms with Crippen LogP contribution < -0.4 is 14.3 Å². The van der Waals surface area contributed by atoms with Gasteiger partial charge in [-0.2, -0.15) is 0 Å². The molecule has 5 aromatic carbocycles. The van der Waals surface area contributed by atoms with Crippen molar-refractivity contribution in [1.29, 1.82) is 0 Å². The van der Waals surface area contributed by atoms with Gasteiger partial charge in [-0.1, -0.05) is 48.5 Å². The first-order valence-corrected chi connectivity index (χ1v) is 19.9. The molecular formula is C39H32F2N4O7S2. The van der Waals surface area contributed by atoms with E-state index in [4.69, 9.17) is 8.83 Å². The van der Waals surface area contributed by atoms with Crippen LogP contribution in [0.2, 0.25) is 0 Å². The van der Waals surface area contributed by atoms with Crippen molar-refractivity contribution in [3.63, 3.8) is 0 Å². The number of oxazole rings is 1. The number of halogens is 2. The van der Waals surface area contributed by atoms with Gasteiger partial charge < -0.3 is 14.2 Å². The molecule has 7 aromatic rings. The molecule has 54 heavy (non-hydrogen) atoms. The van der Waals surface area contributed by atoms with Crippen LogP contribution in [0, 0.1) is 11.6 Å². The zero-order chi connectivity index (χ0) is 38.4. The highest BCUT2D eigenvalue weighted by Crippen LogP contribution is 2.43. The van der Waals surface area contributed by atoms with Gasteiger partial charge in [-0.3, -0.25) is 9.10 Å². The highest BCUT2D eigenvalue weighted by atomic mass is 32.2. The smallest absolute Gasteiger partial charge is 0.255 e. The van der Waals surface area contributed by atoms with E-state index in [1.54, 1.807) is 48.5 Å². The second-order valence-electron chi connectivity index (χ2n) is 12.5. The highest BCUT2D eigenvalue weighted by Gasteiger charge is 2.27. The van der Waals surface area contributed by atoms with Gasteiger partial charge >= 0.3 is 0 Å². The molecule has 7 rings (SSSR count). The Bertz CT molecular complexity index is 2790. The number of benzene rings is 5. The van der Waals surface area contributed by atoms with E-state index in [9.17, 15) is 30.4 Å². The maximum atomic E-state index is 14.8. The number of fused-ring (bicyclic) bond motifs is 2. The predicted molar refractivity (Wildman–Crippen MR) is 203 cm³/mol. The Morgan fingerprint density at radius 2 is 1.54 bits per heavy atom. The van der Waals surface area contributed by atoms with Gasteiger partial charge in [-0.05, 0) is 65.2 Å². The first kappa shape index (κ1) is 36.5. The monoisotopic (exact) mass is 770 g/mol. The van der Waals surface area contributed by atoms with Gasteiger partial charge in [0.2, 0.25) is 25.9 Å². The van der Waals surface area contributed by atoms with Crippen LogP contribution in [0.4, 0.5) is 14.5 Å². The molecule has 0 fully saturated rings. The standard InChI is InChI=1S/C39H32F2N4O7S2/c1-42-38(46)35-30-19-28(32(45(2)53(3,47)48)20-34(30)51-37(35)24-14-16-27(40)17-15-24)25-12-13-26(22-54(49,50)43-21-23-8-5-4-6-9-23)29(18-25)39-44-36-31(41)10-7-11-33(36)52-39/h4-20,43H,21-22H2,1-3H3,(H,42,46). The number of rotatable bonds is 11. The van der Waals surface area contributed by atoms with E-state index in [2.05, 4.69) is 15.0 Å². The zero-order valence-electron chi connectivity index (χ0n) is 29.1. The Balaban J connectivity index is 1.44. The number of aromatic nitrogens is 1. The summed E-state index contributed by atoms with van der Waals surface area (Å²) >= 11 is 0. The van der Waals surface area contributed by atoms with E-state index in [0.29, 0.717) is 22.1 Å². The number of sulfonamides is 2. The number of anilines is 1. The molecule has 2 aromatic heterocycles. The van der Waals surface area contributed by atoms with E-state index < -0.39 is 43.3 Å². The predicted octanol–water partition coefficient (Wildman–Crippen LogP) is 7.23. The summed E-state index contributed by atoms with van der Waals surface area (Å²) in [7, 11) is -5.03. The lowest BCUT2D eigenvalue weighted by Gasteiger charge is -2.21. The van der Waals surface area contributed by atoms with Crippen LogP contribution in [0.25, 0.3) is 56.0 Å². The summed E-state index contributed by atoms with van der Waals surface area (Å²) in [5.41, 5.74) is 2.84. The average Bonchev–Trinajstić information content (AvgIpc) is 3.76. The molecule has 0 bridgehead atoms. The highest BCUT2D eigenvalue weighted by molar-refractivity contribution is 7.92. The van der Waals surface area contributed by atoms with Crippen molar-refractivity contribution < 1.29 is 39.2 Å². The molecule has 2 N–H and O–H groups in total. The number of carbonyl (C=O) groups is 1. The molecule has 0 atom stereocenters. The number of carbonyl (C=O) groups excluding carboxylic acids is 1. The van der Waals surface area contributed by atoms with Crippen molar-refractivity contribution in [2.75, 3.05) is 24.7 Å². The third-order valence-electron chi connectivity index (χ3n) is 8.91. The third-order valence-corrected chi connectivity index (χ3v) is 11.4. The fourth-order valence-corrected chi connectivity index (χ4v) is 7.76. The minimum absolute atomic E-state index is 0.0458.